The van der Waals surface area contributed by atoms with Crippen LogP contribution in [-0.4, -0.2) is 44.6 Å². The van der Waals surface area contributed by atoms with Crippen molar-refractivity contribution >= 4 is 39.6 Å². The molecule has 1 saturated heterocycles. The highest BCUT2D eigenvalue weighted by Crippen LogP contribution is 2.33. The van der Waals surface area contributed by atoms with Crippen molar-refractivity contribution in [2.75, 3.05) is 18.4 Å². The number of fused-ring (bicyclic) bond motifs is 2. The lowest BCUT2D eigenvalue weighted by Gasteiger charge is -2.33. The van der Waals surface area contributed by atoms with Crippen LogP contribution in [0.3, 0.4) is 0 Å². The van der Waals surface area contributed by atoms with Crippen LogP contribution in [0.2, 0.25) is 0 Å². The van der Waals surface area contributed by atoms with Gasteiger partial charge < -0.3 is 24.4 Å². The molecule has 1 aliphatic heterocycles. The van der Waals surface area contributed by atoms with Gasteiger partial charge in [-0.3, -0.25) is 0 Å². The molecule has 8 heteroatoms. The number of carbonyl (C=O) groups excluding carboxylic acids is 1. The molecule has 1 amide bonds. The van der Waals surface area contributed by atoms with Gasteiger partial charge in [0.2, 0.25) is 0 Å². The number of aromatic nitrogens is 3. The molecule has 0 aliphatic carbocycles. The number of amides is 1. The lowest BCUT2D eigenvalue weighted by Crippen LogP contribution is -2.41. The zero-order valence-electron chi connectivity index (χ0n) is 18.5. The Morgan fingerprint density at radius 3 is 2.78 bits per heavy atom. The van der Waals surface area contributed by atoms with E-state index in [1.54, 1.807) is 11.1 Å². The van der Waals surface area contributed by atoms with Gasteiger partial charge in [0, 0.05) is 48.0 Å². The zero-order chi connectivity index (χ0) is 22.3. The number of anilines is 2. The van der Waals surface area contributed by atoms with E-state index >= 15 is 0 Å². The molecule has 3 aromatic heterocycles. The van der Waals surface area contributed by atoms with E-state index in [-0.39, 0.29) is 6.09 Å². The van der Waals surface area contributed by atoms with E-state index in [4.69, 9.17) is 9.15 Å². The number of hydrogen-bond donors (Lipinski definition) is 2. The van der Waals surface area contributed by atoms with Crippen LogP contribution in [0, 0.1) is 0 Å². The van der Waals surface area contributed by atoms with Gasteiger partial charge in [0.25, 0.3) is 0 Å². The predicted octanol–water partition coefficient (Wildman–Crippen LogP) is 5.56. The Morgan fingerprint density at radius 2 is 2.00 bits per heavy atom. The average molecular weight is 434 g/mol. The lowest BCUT2D eigenvalue weighted by molar-refractivity contribution is 0.0204. The highest BCUT2D eigenvalue weighted by molar-refractivity contribution is 5.92. The maximum Gasteiger partial charge on any atom is 0.410 e. The second kappa shape index (κ2) is 7.85. The van der Waals surface area contributed by atoms with E-state index in [0.29, 0.717) is 19.0 Å². The van der Waals surface area contributed by atoms with E-state index in [1.807, 2.05) is 45.0 Å². The average Bonchev–Trinajstić information content (AvgIpc) is 3.40. The van der Waals surface area contributed by atoms with E-state index in [9.17, 15) is 4.79 Å². The minimum Gasteiger partial charge on any atom is -0.444 e. The number of nitrogens with one attached hydrogen (secondary N) is 2. The molecule has 1 aliphatic rings. The Morgan fingerprint density at radius 1 is 1.19 bits per heavy atom. The molecule has 1 aromatic carbocycles. The number of carbonyl (C=O) groups is 1. The van der Waals surface area contributed by atoms with Gasteiger partial charge in [-0.2, -0.15) is 0 Å². The van der Waals surface area contributed by atoms with Gasteiger partial charge in [-0.25, -0.2) is 14.8 Å². The van der Waals surface area contributed by atoms with Crippen molar-refractivity contribution in [3.05, 3.63) is 48.6 Å². The molecule has 4 heterocycles. The Kier molecular flexibility index (Phi) is 5.00. The van der Waals surface area contributed by atoms with Crippen LogP contribution in [0.4, 0.5) is 16.2 Å². The first-order valence-electron chi connectivity index (χ1n) is 10.9. The normalized spacial score (nSPS) is 15.4. The van der Waals surface area contributed by atoms with Gasteiger partial charge in [0.15, 0.2) is 12.0 Å². The molecular formula is C24H27N5O3. The van der Waals surface area contributed by atoms with Crippen molar-refractivity contribution in [1.29, 1.82) is 0 Å². The Bertz CT molecular complexity index is 1260. The summed E-state index contributed by atoms with van der Waals surface area (Å²) in [5, 5.41) is 4.51. The number of rotatable bonds is 3. The summed E-state index contributed by atoms with van der Waals surface area (Å²) in [6, 6.07) is 9.99. The first-order chi connectivity index (χ1) is 15.4. The van der Waals surface area contributed by atoms with Crippen LogP contribution < -0.4 is 5.32 Å². The van der Waals surface area contributed by atoms with Crippen LogP contribution in [0.5, 0.6) is 0 Å². The molecule has 1 fully saturated rings. The monoisotopic (exact) mass is 433 g/mol. The number of pyridine rings is 1. The molecule has 0 spiro atoms. The van der Waals surface area contributed by atoms with Crippen molar-refractivity contribution in [3.63, 3.8) is 0 Å². The van der Waals surface area contributed by atoms with Crippen LogP contribution in [-0.2, 0) is 4.74 Å². The van der Waals surface area contributed by atoms with Crippen LogP contribution in [0.15, 0.2) is 47.3 Å². The van der Waals surface area contributed by atoms with Crippen molar-refractivity contribution in [2.24, 2.45) is 0 Å². The molecule has 0 bridgehead atoms. The quantitative estimate of drug-likeness (QED) is 0.439. The van der Waals surface area contributed by atoms with E-state index < -0.39 is 5.60 Å². The Labute approximate surface area is 186 Å². The summed E-state index contributed by atoms with van der Waals surface area (Å²) >= 11 is 0. The van der Waals surface area contributed by atoms with Gasteiger partial charge in [0.1, 0.15) is 16.8 Å². The number of hydrogen-bond acceptors (Lipinski definition) is 6. The minimum absolute atomic E-state index is 0.232. The third kappa shape index (κ3) is 4.12. The summed E-state index contributed by atoms with van der Waals surface area (Å²) in [6.07, 6.45) is 4.78. The molecule has 32 heavy (non-hydrogen) atoms. The predicted molar refractivity (Wildman–Crippen MR) is 123 cm³/mol. The summed E-state index contributed by atoms with van der Waals surface area (Å²) in [5.41, 5.74) is 5.00. The molecule has 166 valence electrons. The first kappa shape index (κ1) is 20.4. The highest BCUT2D eigenvalue weighted by atomic mass is 16.6. The number of piperidine rings is 1. The first-order valence-corrected chi connectivity index (χ1v) is 10.9. The number of nitrogens with zero attached hydrogens (tertiary/aromatic N) is 3. The maximum absolute atomic E-state index is 12.3. The molecule has 0 radical (unpaired) electrons. The van der Waals surface area contributed by atoms with Gasteiger partial charge in [-0.05, 0) is 57.9 Å². The molecule has 5 rings (SSSR count). The smallest absolute Gasteiger partial charge is 0.410 e. The summed E-state index contributed by atoms with van der Waals surface area (Å²) < 4.78 is 10.9. The van der Waals surface area contributed by atoms with Crippen LogP contribution in [0.1, 0.15) is 45.2 Å². The number of oxazole rings is 1. The SMILES string of the molecule is CC(C)(C)OC(=O)N1CCC(c2cc3c(Nc4ccc5ncoc5c4)ccnc3[nH]2)CC1. The number of likely N-dealkylation sites (tertiary alicyclic amines) is 1. The standard InChI is InChI=1S/C24H27N5O3/c1-24(2,3)32-23(30)29-10-7-15(8-11-29)20-13-17-18(6-9-25-22(17)28-20)27-16-4-5-19-21(12-16)31-14-26-19/h4-6,9,12-15H,7-8,10-11H2,1-3H3,(H2,25,27,28). The highest BCUT2D eigenvalue weighted by Gasteiger charge is 2.28. The van der Waals surface area contributed by atoms with E-state index in [1.165, 1.54) is 6.39 Å². The number of ether oxygens (including phenoxy) is 1. The fraction of sp³-hybridized carbons (Fsp3) is 0.375. The van der Waals surface area contributed by atoms with Crippen LogP contribution >= 0.6 is 0 Å². The number of aromatic amines is 1. The zero-order valence-corrected chi connectivity index (χ0v) is 18.5. The maximum atomic E-state index is 12.3. The van der Waals surface area contributed by atoms with Crippen molar-refractivity contribution in [1.82, 2.24) is 19.9 Å². The lowest BCUT2D eigenvalue weighted by atomic mass is 9.94. The second-order valence-corrected chi connectivity index (χ2v) is 9.25. The number of benzene rings is 1. The topological polar surface area (TPSA) is 96.3 Å². The Balaban J connectivity index is 1.32. The van der Waals surface area contributed by atoms with Crippen molar-refractivity contribution < 1.29 is 13.9 Å². The second-order valence-electron chi connectivity index (χ2n) is 9.25. The Hall–Kier alpha value is -3.55. The fourth-order valence-corrected chi connectivity index (χ4v) is 4.16. The molecule has 2 N–H and O–H groups in total. The van der Waals surface area contributed by atoms with Crippen LogP contribution in [0.25, 0.3) is 22.1 Å². The van der Waals surface area contributed by atoms with Gasteiger partial charge in [-0.15, -0.1) is 0 Å². The van der Waals surface area contributed by atoms with Crippen molar-refractivity contribution in [2.45, 2.75) is 45.1 Å². The van der Waals surface area contributed by atoms with E-state index in [0.717, 1.165) is 52.0 Å². The largest absolute Gasteiger partial charge is 0.444 e. The fourth-order valence-electron chi connectivity index (χ4n) is 4.16. The van der Waals surface area contributed by atoms with Gasteiger partial charge in [0.05, 0.1) is 5.69 Å². The summed E-state index contributed by atoms with van der Waals surface area (Å²) in [6.45, 7) is 7.05. The minimum atomic E-state index is -0.474. The molecule has 0 saturated carbocycles. The molecular weight excluding hydrogens is 406 g/mol. The summed E-state index contributed by atoms with van der Waals surface area (Å²) in [7, 11) is 0. The van der Waals surface area contributed by atoms with Gasteiger partial charge >= 0.3 is 6.09 Å². The van der Waals surface area contributed by atoms with Crippen molar-refractivity contribution in [3.8, 4) is 0 Å². The van der Waals surface area contributed by atoms with Gasteiger partial charge in [-0.1, -0.05) is 0 Å². The third-order valence-corrected chi connectivity index (χ3v) is 5.75. The van der Waals surface area contributed by atoms with E-state index in [2.05, 4.69) is 26.3 Å². The summed E-state index contributed by atoms with van der Waals surface area (Å²) in [4.78, 5) is 26.3. The third-order valence-electron chi connectivity index (χ3n) is 5.75. The molecule has 4 aromatic rings. The molecule has 8 nitrogen and oxygen atoms in total. The molecule has 0 unspecified atom stereocenters. The number of H-pyrrole nitrogens is 1. The summed E-state index contributed by atoms with van der Waals surface area (Å²) in [5.74, 6) is 0.348. The molecule has 0 atom stereocenters.